The van der Waals surface area contributed by atoms with E-state index in [-0.39, 0.29) is 0 Å². The van der Waals surface area contributed by atoms with Crippen LogP contribution in [0.15, 0.2) is 34.4 Å². The number of benzene rings is 1. The Bertz CT molecular complexity index is 257. The maximum atomic E-state index is 3.87. The smallest absolute Gasteiger partial charge is 0.253 e. The lowest BCUT2D eigenvalue weighted by Gasteiger charge is -1.88. The third-order valence-electron chi connectivity index (χ3n) is 1.30. The molecule has 1 heterocycles. The lowest BCUT2D eigenvalue weighted by Crippen LogP contribution is -2.06. The summed E-state index contributed by atoms with van der Waals surface area (Å²) >= 11 is 0. The fourth-order valence-electron chi connectivity index (χ4n) is 0.841. The van der Waals surface area contributed by atoms with Crippen molar-refractivity contribution in [3.05, 3.63) is 24.3 Å². The molecule has 41 valence electrons. The van der Waals surface area contributed by atoms with Crippen LogP contribution in [0.5, 0.6) is 0 Å². The summed E-state index contributed by atoms with van der Waals surface area (Å²) in [6.07, 6.45) is 0. The Balaban J connectivity index is 2.63. The summed E-state index contributed by atoms with van der Waals surface area (Å²) < 4.78 is 0. The van der Waals surface area contributed by atoms with E-state index >= 15 is 0 Å². The van der Waals surface area contributed by atoms with Gasteiger partial charge < -0.3 is 0 Å². The highest BCUT2D eigenvalue weighted by molar-refractivity contribution is 6.54. The van der Waals surface area contributed by atoms with Gasteiger partial charge in [-0.15, -0.1) is 0 Å². The molecule has 0 unspecified atom stereocenters. The van der Waals surface area contributed by atoms with Crippen LogP contribution in [0, 0.1) is 0 Å². The molecule has 1 aromatic rings. The normalized spacial score (nSPS) is 12.9. The average molecular weight is 115 g/mol. The van der Waals surface area contributed by atoms with Crippen molar-refractivity contribution >= 4 is 18.6 Å². The first-order valence-electron chi connectivity index (χ1n) is 2.80. The van der Waals surface area contributed by atoms with Gasteiger partial charge in [0.05, 0.1) is 5.69 Å². The van der Waals surface area contributed by atoms with E-state index < -0.39 is 0 Å². The zero-order valence-corrected chi connectivity index (χ0v) is 4.78. The Hall–Kier alpha value is -1.12. The highest BCUT2D eigenvalue weighted by Crippen LogP contribution is 2.11. The molecule has 0 spiro atoms. The van der Waals surface area contributed by atoms with Crippen LogP contribution in [0.25, 0.3) is 0 Å². The summed E-state index contributed by atoms with van der Waals surface area (Å²) in [5.41, 5.74) is 2.08. The van der Waals surface area contributed by atoms with Gasteiger partial charge in [-0.25, -0.2) is 0 Å². The van der Waals surface area contributed by atoms with Gasteiger partial charge in [-0.05, 0) is 11.5 Å². The molecule has 0 saturated carbocycles. The minimum atomic E-state index is 0.970. The van der Waals surface area contributed by atoms with Gasteiger partial charge in [-0.1, -0.05) is 18.2 Å². The first-order chi connectivity index (χ1) is 4.47. The van der Waals surface area contributed by atoms with E-state index in [2.05, 4.69) is 10.1 Å². The molecule has 1 radical (unpaired) electrons. The first kappa shape index (κ1) is 4.73. The second-order valence-electron chi connectivity index (χ2n) is 1.90. The van der Waals surface area contributed by atoms with E-state index in [1.165, 1.54) is 0 Å². The van der Waals surface area contributed by atoms with Crippen molar-refractivity contribution in [2.24, 2.45) is 10.1 Å². The van der Waals surface area contributed by atoms with E-state index in [1.54, 1.807) is 7.41 Å². The van der Waals surface area contributed by atoms with Crippen molar-refractivity contribution < 1.29 is 0 Å². The van der Waals surface area contributed by atoms with Crippen molar-refractivity contribution in [3.8, 4) is 0 Å². The lowest BCUT2D eigenvalue weighted by molar-refractivity contribution is 1.37. The molecule has 0 aromatic heterocycles. The van der Waals surface area contributed by atoms with Gasteiger partial charge in [0.2, 0.25) is 0 Å². The summed E-state index contributed by atoms with van der Waals surface area (Å²) in [5.74, 6) is 0. The van der Waals surface area contributed by atoms with Crippen molar-refractivity contribution in [2.45, 2.75) is 0 Å². The molecular weight excluding hydrogens is 111 g/mol. The zero-order chi connectivity index (χ0) is 6.10. The number of fused-ring (bicyclic) bond motifs is 1. The van der Waals surface area contributed by atoms with Crippen LogP contribution >= 0.6 is 0 Å². The average Bonchev–Trinajstić information content (AvgIpc) is 2.33. The van der Waals surface area contributed by atoms with Crippen molar-refractivity contribution in [3.63, 3.8) is 0 Å². The van der Waals surface area contributed by atoms with Gasteiger partial charge in [0.25, 0.3) is 0 Å². The lowest BCUT2D eigenvalue weighted by atomic mass is 9.85. The van der Waals surface area contributed by atoms with Crippen molar-refractivity contribution in [2.75, 3.05) is 0 Å². The summed E-state index contributed by atoms with van der Waals surface area (Å²) in [6.45, 7) is 0. The first-order valence-corrected chi connectivity index (χ1v) is 2.80. The Kier molecular flexibility index (Phi) is 0.888. The van der Waals surface area contributed by atoms with Gasteiger partial charge in [0.1, 0.15) is 0 Å². The number of hydrogen-bond donors (Lipinski definition) is 0. The van der Waals surface area contributed by atoms with E-state index in [0.717, 1.165) is 11.2 Å². The molecule has 1 aliphatic rings. The molecule has 1 aromatic carbocycles. The summed E-state index contributed by atoms with van der Waals surface area (Å²) in [5, 5.41) is 7.62. The topological polar surface area (TPSA) is 24.7 Å². The highest BCUT2D eigenvalue weighted by Gasteiger charge is 2.06. The largest absolute Gasteiger partial charge is 0.345 e. The Labute approximate surface area is 53.9 Å². The van der Waals surface area contributed by atoms with Crippen LogP contribution in [0.2, 0.25) is 0 Å². The van der Waals surface area contributed by atoms with Crippen LogP contribution in [-0.4, -0.2) is 7.41 Å². The molecule has 0 atom stereocenters. The molecule has 0 bridgehead atoms. The predicted molar refractivity (Wildman–Crippen MR) is 36.3 cm³/mol. The number of rotatable bonds is 0. The van der Waals surface area contributed by atoms with Gasteiger partial charge in [-0.3, -0.25) is 5.03 Å². The van der Waals surface area contributed by atoms with Gasteiger partial charge in [-0.2, -0.15) is 5.11 Å². The molecule has 3 heteroatoms. The summed E-state index contributed by atoms with van der Waals surface area (Å²) in [6, 6.07) is 7.88. The molecule has 2 rings (SSSR count). The fourth-order valence-corrected chi connectivity index (χ4v) is 0.841. The van der Waals surface area contributed by atoms with Crippen LogP contribution in [0.4, 0.5) is 5.69 Å². The molecule has 0 saturated heterocycles. The Morgan fingerprint density at radius 3 is 3.00 bits per heavy atom. The Morgan fingerprint density at radius 2 is 2.11 bits per heavy atom. The molecule has 2 nitrogen and oxygen atoms in total. The summed E-state index contributed by atoms with van der Waals surface area (Å²) in [4.78, 5) is 0. The molecule has 0 amide bonds. The quantitative estimate of drug-likeness (QED) is 0.451. The molecule has 9 heavy (non-hydrogen) atoms. The fraction of sp³-hybridized carbons (Fsp3) is 0. The summed E-state index contributed by atoms with van der Waals surface area (Å²) in [7, 11) is 1.76. The van der Waals surface area contributed by atoms with Crippen LogP contribution in [0.3, 0.4) is 0 Å². The van der Waals surface area contributed by atoms with Gasteiger partial charge >= 0.3 is 7.41 Å². The molecule has 1 aliphatic heterocycles. The maximum Gasteiger partial charge on any atom is 0.345 e. The van der Waals surface area contributed by atoms with Crippen LogP contribution < -0.4 is 5.46 Å². The minimum absolute atomic E-state index is 0.970. The van der Waals surface area contributed by atoms with Gasteiger partial charge in [0.15, 0.2) is 0 Å². The standard InChI is InChI=1S/C6H4BN2/c1-2-4-6-5(3-1)7-9-8-6/h1-4H. The second kappa shape index (κ2) is 1.69. The zero-order valence-electron chi connectivity index (χ0n) is 4.78. The molecular formula is C6H4BN2. The third kappa shape index (κ3) is 0.651. The van der Waals surface area contributed by atoms with Crippen molar-refractivity contribution in [1.29, 1.82) is 0 Å². The van der Waals surface area contributed by atoms with E-state index in [1.807, 2.05) is 24.3 Å². The Morgan fingerprint density at radius 1 is 1.22 bits per heavy atom. The van der Waals surface area contributed by atoms with Gasteiger partial charge in [0, 0.05) is 0 Å². The predicted octanol–water partition coefficient (Wildman–Crippen LogP) is 1.03. The van der Waals surface area contributed by atoms with Crippen molar-refractivity contribution in [1.82, 2.24) is 0 Å². The molecule has 0 aliphatic carbocycles. The number of nitrogens with zero attached hydrogens (tertiary/aromatic N) is 2. The number of hydrogen-bond acceptors (Lipinski definition) is 2. The SMILES string of the molecule is [B]1N=Nc2ccccc21. The van der Waals surface area contributed by atoms with Crippen LogP contribution in [-0.2, 0) is 0 Å². The monoisotopic (exact) mass is 115 g/mol. The van der Waals surface area contributed by atoms with E-state index in [0.29, 0.717) is 0 Å². The molecule has 0 fully saturated rings. The van der Waals surface area contributed by atoms with E-state index in [9.17, 15) is 0 Å². The maximum absolute atomic E-state index is 3.87. The highest BCUT2D eigenvalue weighted by atomic mass is 15.1. The minimum Gasteiger partial charge on any atom is -0.253 e. The third-order valence-corrected chi connectivity index (χ3v) is 1.30. The molecule has 0 N–H and O–H groups in total. The van der Waals surface area contributed by atoms with Crippen LogP contribution in [0.1, 0.15) is 0 Å². The second-order valence-corrected chi connectivity index (χ2v) is 1.90. The van der Waals surface area contributed by atoms with E-state index in [4.69, 9.17) is 0 Å².